The first-order valence-corrected chi connectivity index (χ1v) is 13.8. The van der Waals surface area contributed by atoms with Crippen molar-refractivity contribution in [2.75, 3.05) is 26.6 Å². The Labute approximate surface area is 246 Å². The van der Waals surface area contributed by atoms with Crippen LogP contribution >= 0.6 is 11.6 Å². The third kappa shape index (κ3) is 3.55. The van der Waals surface area contributed by atoms with Crippen molar-refractivity contribution in [2.24, 2.45) is 5.92 Å². The molecule has 12 heteroatoms. The van der Waals surface area contributed by atoms with Gasteiger partial charge in [-0.05, 0) is 38.0 Å². The number of phenolic OH excluding ortho intramolecular Hbond substituents is 1. The number of rotatable bonds is 5. The van der Waals surface area contributed by atoms with Crippen molar-refractivity contribution in [1.82, 2.24) is 9.78 Å². The van der Waals surface area contributed by atoms with E-state index >= 15 is 0 Å². The zero-order chi connectivity index (χ0) is 30.2. The van der Waals surface area contributed by atoms with Crippen molar-refractivity contribution in [3.05, 3.63) is 67.6 Å². The Kier molecular flexibility index (Phi) is 6.34. The Morgan fingerprint density at radius 1 is 1.05 bits per heavy atom. The number of H-pyrrole nitrogens is 1. The van der Waals surface area contributed by atoms with Gasteiger partial charge in [-0.15, -0.1) is 0 Å². The Morgan fingerprint density at radius 3 is 2.38 bits per heavy atom. The molecule has 1 aromatic heterocycles. The highest BCUT2D eigenvalue weighted by Crippen LogP contribution is 2.56. The summed E-state index contributed by atoms with van der Waals surface area (Å²) in [5, 5.41) is 16.6. The molecular formula is C30H30ClN3O8. The second-order valence-electron chi connectivity index (χ2n) is 10.9. The van der Waals surface area contributed by atoms with Crippen molar-refractivity contribution in [3.8, 4) is 28.7 Å². The lowest BCUT2D eigenvalue weighted by Gasteiger charge is -2.42. The minimum absolute atomic E-state index is 0.0123. The van der Waals surface area contributed by atoms with Crippen LogP contribution in [0.25, 0.3) is 0 Å². The Morgan fingerprint density at radius 2 is 1.74 bits per heavy atom. The molecule has 11 nitrogen and oxygen atoms in total. The molecule has 0 saturated carbocycles. The van der Waals surface area contributed by atoms with Crippen LogP contribution in [0.15, 0.2) is 40.3 Å². The maximum atomic E-state index is 14.8. The van der Waals surface area contributed by atoms with Gasteiger partial charge in [0.05, 0.1) is 26.9 Å². The molecule has 0 radical (unpaired) electrons. The number of hydrogen-bond acceptors (Lipinski definition) is 9. The third-order valence-electron chi connectivity index (χ3n) is 8.39. The maximum absolute atomic E-state index is 14.8. The summed E-state index contributed by atoms with van der Waals surface area (Å²) in [6, 6.07) is 6.04. The molecule has 0 saturated heterocycles. The molecule has 3 heterocycles. The molecule has 42 heavy (non-hydrogen) atoms. The number of ketones is 2. The number of nitrogens with zero attached hydrogens (tertiary/aromatic N) is 1. The lowest BCUT2D eigenvalue weighted by atomic mass is 9.66. The first kappa shape index (κ1) is 27.8. The third-order valence-corrected chi connectivity index (χ3v) is 8.75. The minimum Gasteiger partial charge on any atom is -0.504 e. The minimum atomic E-state index is -1.96. The van der Waals surface area contributed by atoms with Crippen molar-refractivity contribution in [1.29, 1.82) is 0 Å². The van der Waals surface area contributed by atoms with Crippen LogP contribution in [0.2, 0.25) is 5.02 Å². The Hall–Kier alpha value is -4.38. The number of fused-ring (bicyclic) bond motifs is 2. The molecule has 0 bridgehead atoms. The molecule has 1 spiro atoms. The second-order valence-corrected chi connectivity index (χ2v) is 11.3. The van der Waals surface area contributed by atoms with Gasteiger partial charge < -0.3 is 29.4 Å². The summed E-state index contributed by atoms with van der Waals surface area (Å²) in [7, 11) is 4.24. The second kappa shape index (κ2) is 9.59. The van der Waals surface area contributed by atoms with Crippen molar-refractivity contribution in [2.45, 2.75) is 44.8 Å². The van der Waals surface area contributed by atoms with E-state index in [0.717, 1.165) is 0 Å². The standard InChI is InChI=1S/C30H30ClN3O8/c1-12(2)34-28-23(29(38)33-34)20(14-7-8-16(35)17(10-14)39-4)21-15(32-28)9-13(3)30(26(21)36)27(37)22-18(40-5)11-19(41-6)24(31)25(22)42-30/h7-8,10-13,20,32,35H,9H2,1-6H3,(H,33,38)/t13-,20?,30+/m1/s1. The molecule has 3 aromatic rings. The predicted molar refractivity (Wildman–Crippen MR) is 154 cm³/mol. The maximum Gasteiger partial charge on any atom is 0.270 e. The van der Waals surface area contributed by atoms with Crippen LogP contribution < -0.4 is 29.8 Å². The fourth-order valence-corrected chi connectivity index (χ4v) is 6.62. The van der Waals surface area contributed by atoms with Gasteiger partial charge in [-0.1, -0.05) is 24.6 Å². The Balaban J connectivity index is 1.59. The van der Waals surface area contributed by atoms with Gasteiger partial charge in [-0.2, -0.15) is 0 Å². The van der Waals surface area contributed by atoms with Crippen LogP contribution in [0.1, 0.15) is 60.6 Å². The number of carbonyl (C=O) groups excluding carboxylic acids is 2. The van der Waals surface area contributed by atoms with E-state index in [1.807, 2.05) is 13.8 Å². The number of halogens is 1. The van der Waals surface area contributed by atoms with Crippen LogP contribution in [0.4, 0.5) is 5.82 Å². The molecule has 3 atom stereocenters. The van der Waals surface area contributed by atoms with E-state index in [1.54, 1.807) is 23.7 Å². The number of hydrogen-bond donors (Lipinski definition) is 3. The molecule has 1 aliphatic carbocycles. The molecule has 1 unspecified atom stereocenters. The molecule has 0 amide bonds. The normalized spacial score (nSPS) is 22.5. The lowest BCUT2D eigenvalue weighted by Crippen LogP contribution is -2.58. The number of benzene rings is 2. The number of anilines is 1. The summed E-state index contributed by atoms with van der Waals surface area (Å²) in [5.74, 6) is -1.70. The smallest absolute Gasteiger partial charge is 0.270 e. The fraction of sp³-hybridized carbons (Fsp3) is 0.367. The van der Waals surface area contributed by atoms with E-state index in [2.05, 4.69) is 10.4 Å². The quantitative estimate of drug-likeness (QED) is 0.361. The van der Waals surface area contributed by atoms with Gasteiger partial charge in [-0.25, -0.2) is 0 Å². The summed E-state index contributed by atoms with van der Waals surface area (Å²) in [6.07, 6.45) is 0.250. The van der Waals surface area contributed by atoms with Crippen LogP contribution in [-0.4, -0.2) is 53.4 Å². The zero-order valence-electron chi connectivity index (χ0n) is 23.9. The van der Waals surface area contributed by atoms with Gasteiger partial charge >= 0.3 is 0 Å². The number of aromatic nitrogens is 2. The van der Waals surface area contributed by atoms with Gasteiger partial charge in [0, 0.05) is 35.2 Å². The molecule has 6 rings (SSSR count). The van der Waals surface area contributed by atoms with Crippen LogP contribution in [0.3, 0.4) is 0 Å². The zero-order valence-corrected chi connectivity index (χ0v) is 24.6. The van der Waals surface area contributed by atoms with Gasteiger partial charge in [-0.3, -0.25) is 24.2 Å². The van der Waals surface area contributed by atoms with Crippen LogP contribution in [-0.2, 0) is 4.79 Å². The van der Waals surface area contributed by atoms with E-state index < -0.39 is 34.6 Å². The van der Waals surface area contributed by atoms with Gasteiger partial charge in [0.2, 0.25) is 17.2 Å². The summed E-state index contributed by atoms with van der Waals surface area (Å²) >= 11 is 6.60. The largest absolute Gasteiger partial charge is 0.504 e. The number of phenols is 1. The van der Waals surface area contributed by atoms with E-state index in [1.165, 1.54) is 33.5 Å². The number of ether oxygens (including phenoxy) is 4. The summed E-state index contributed by atoms with van der Waals surface area (Å²) in [4.78, 5) is 42.7. The SMILES string of the molecule is COc1cc(C2C3=C(C[C@@H](C)[C@]4(Oc5c(Cl)c(OC)cc(OC)c5C4=O)C3=O)Nc3c2c(=O)[nH]n3C(C)C)ccc1O. The highest BCUT2D eigenvalue weighted by Gasteiger charge is 2.63. The average Bonchev–Trinajstić information content (AvgIpc) is 3.47. The van der Waals surface area contributed by atoms with Crippen molar-refractivity contribution >= 4 is 29.0 Å². The number of Topliss-reactive ketones (excluding diaryl/α,β-unsaturated/α-hetero) is 2. The summed E-state index contributed by atoms with van der Waals surface area (Å²) in [5.41, 5.74) is -0.701. The first-order valence-electron chi connectivity index (χ1n) is 13.4. The predicted octanol–water partition coefficient (Wildman–Crippen LogP) is 4.58. The number of methoxy groups -OCH3 is 3. The molecular weight excluding hydrogens is 566 g/mol. The van der Waals surface area contributed by atoms with Crippen molar-refractivity contribution in [3.63, 3.8) is 0 Å². The first-order chi connectivity index (χ1) is 20.0. The highest BCUT2D eigenvalue weighted by molar-refractivity contribution is 6.36. The van der Waals surface area contributed by atoms with Gasteiger partial charge in [0.1, 0.15) is 27.9 Å². The topological polar surface area (TPSA) is 141 Å². The number of carbonyl (C=O) groups is 2. The van der Waals surface area contributed by atoms with Gasteiger partial charge in [0.25, 0.3) is 5.56 Å². The van der Waals surface area contributed by atoms with Crippen molar-refractivity contribution < 1.29 is 33.6 Å². The molecule has 2 aliphatic heterocycles. The van der Waals surface area contributed by atoms with E-state index in [4.69, 9.17) is 30.5 Å². The molecule has 0 fully saturated rings. The molecule has 2 aromatic carbocycles. The highest BCUT2D eigenvalue weighted by atomic mass is 35.5. The molecule has 3 N–H and O–H groups in total. The number of nitrogens with one attached hydrogen (secondary N) is 2. The van der Waals surface area contributed by atoms with E-state index in [0.29, 0.717) is 22.6 Å². The number of allylic oxidation sites excluding steroid dienone is 1. The molecule has 3 aliphatic rings. The van der Waals surface area contributed by atoms with E-state index in [9.17, 15) is 19.5 Å². The lowest BCUT2D eigenvalue weighted by molar-refractivity contribution is -0.130. The molecule has 220 valence electrons. The van der Waals surface area contributed by atoms with Gasteiger partial charge in [0.15, 0.2) is 17.2 Å². The average molecular weight is 596 g/mol. The Bertz CT molecular complexity index is 1770. The van der Waals surface area contributed by atoms with E-state index in [-0.39, 0.29) is 57.4 Å². The number of aromatic amines is 1. The monoisotopic (exact) mass is 595 g/mol. The summed E-state index contributed by atoms with van der Waals surface area (Å²) < 4.78 is 24.3. The van der Waals surface area contributed by atoms with Crippen LogP contribution in [0, 0.1) is 5.92 Å². The van der Waals surface area contributed by atoms with Crippen LogP contribution in [0.5, 0.6) is 28.7 Å². The number of aromatic hydroxyl groups is 1. The summed E-state index contributed by atoms with van der Waals surface area (Å²) in [6.45, 7) is 5.63. The fourth-order valence-electron chi connectivity index (χ4n) is 6.36.